The molecule has 8 nitrogen and oxygen atoms in total. The van der Waals surface area contributed by atoms with E-state index in [0.29, 0.717) is 39.3 Å². The first kappa shape index (κ1) is 17.5. The van der Waals surface area contributed by atoms with Crippen LogP contribution in [0.2, 0.25) is 0 Å². The van der Waals surface area contributed by atoms with Crippen molar-refractivity contribution >= 4 is 11.8 Å². The van der Waals surface area contributed by atoms with Crippen LogP contribution in [0.3, 0.4) is 0 Å². The van der Waals surface area contributed by atoms with Crippen LogP contribution in [0.15, 0.2) is 17.0 Å². The molecule has 1 aromatic heterocycles. The molecule has 3 aliphatic rings. The summed E-state index contributed by atoms with van der Waals surface area (Å²) in [7, 11) is 0. The maximum Gasteiger partial charge on any atom is 0.291 e. The Hall–Kier alpha value is -1.93. The fourth-order valence-electron chi connectivity index (χ4n) is 4.14. The van der Waals surface area contributed by atoms with Crippen LogP contribution in [-0.2, 0) is 14.3 Å². The summed E-state index contributed by atoms with van der Waals surface area (Å²) < 4.78 is 17.1. The summed E-state index contributed by atoms with van der Waals surface area (Å²) in [4.78, 5) is 32.8. The summed E-state index contributed by atoms with van der Waals surface area (Å²) in [5.74, 6) is -0.653. The van der Waals surface area contributed by atoms with Crippen molar-refractivity contribution in [2.75, 3.05) is 39.4 Å². The van der Waals surface area contributed by atoms with Gasteiger partial charge < -0.3 is 23.7 Å². The average Bonchev–Trinajstić information content (AvgIpc) is 3.34. The van der Waals surface area contributed by atoms with Crippen molar-refractivity contribution in [3.05, 3.63) is 18.4 Å². The molecule has 1 spiro atoms. The molecule has 2 aliphatic heterocycles. The third-order valence-electron chi connectivity index (χ3n) is 5.47. The van der Waals surface area contributed by atoms with Crippen molar-refractivity contribution in [3.8, 4) is 0 Å². The number of morpholine rings is 1. The van der Waals surface area contributed by atoms with Gasteiger partial charge in [-0.15, -0.1) is 0 Å². The SMILES string of the molecule is O=C(c1cnco1)N1CCCOC2(C1)CN(C(=O)C1CCCC1)CCO2. The first-order chi connectivity index (χ1) is 12.7. The normalized spacial score (nSPS) is 27.7. The van der Waals surface area contributed by atoms with Crippen LogP contribution >= 0.6 is 0 Å². The lowest BCUT2D eigenvalue weighted by atomic mass is 10.1. The molecule has 1 aliphatic carbocycles. The maximum atomic E-state index is 12.8. The van der Waals surface area contributed by atoms with Crippen LogP contribution in [0.1, 0.15) is 42.7 Å². The van der Waals surface area contributed by atoms with E-state index < -0.39 is 5.79 Å². The van der Waals surface area contributed by atoms with Gasteiger partial charge in [-0.3, -0.25) is 9.59 Å². The first-order valence-corrected chi connectivity index (χ1v) is 9.41. The van der Waals surface area contributed by atoms with Crippen molar-refractivity contribution in [2.45, 2.75) is 37.9 Å². The smallest absolute Gasteiger partial charge is 0.291 e. The van der Waals surface area contributed by atoms with Gasteiger partial charge in [0.15, 0.2) is 6.39 Å². The molecule has 2 saturated heterocycles. The Kier molecular flexibility index (Phi) is 4.95. The average molecular weight is 363 g/mol. The van der Waals surface area contributed by atoms with Gasteiger partial charge in [0.05, 0.1) is 32.5 Å². The summed E-state index contributed by atoms with van der Waals surface area (Å²) in [6.45, 7) is 2.69. The second-order valence-corrected chi connectivity index (χ2v) is 7.29. The molecule has 2 amide bonds. The molecule has 0 radical (unpaired) electrons. The van der Waals surface area contributed by atoms with Gasteiger partial charge in [0, 0.05) is 19.0 Å². The molecule has 26 heavy (non-hydrogen) atoms. The Morgan fingerprint density at radius 1 is 1.04 bits per heavy atom. The number of hydrogen-bond donors (Lipinski definition) is 0. The molecular weight excluding hydrogens is 338 g/mol. The van der Waals surface area contributed by atoms with E-state index in [1.54, 1.807) is 4.90 Å². The highest BCUT2D eigenvalue weighted by atomic mass is 16.7. The highest BCUT2D eigenvalue weighted by Crippen LogP contribution is 2.30. The highest BCUT2D eigenvalue weighted by molar-refractivity contribution is 5.91. The van der Waals surface area contributed by atoms with Gasteiger partial charge in [-0.05, 0) is 19.3 Å². The molecule has 142 valence electrons. The largest absolute Gasteiger partial charge is 0.438 e. The van der Waals surface area contributed by atoms with Crippen molar-refractivity contribution in [1.82, 2.24) is 14.8 Å². The topological polar surface area (TPSA) is 85.1 Å². The number of rotatable bonds is 2. The van der Waals surface area contributed by atoms with Crippen molar-refractivity contribution in [2.24, 2.45) is 5.92 Å². The second kappa shape index (κ2) is 7.36. The van der Waals surface area contributed by atoms with Crippen LogP contribution in [0.5, 0.6) is 0 Å². The zero-order valence-corrected chi connectivity index (χ0v) is 14.9. The van der Waals surface area contributed by atoms with E-state index in [2.05, 4.69) is 4.98 Å². The van der Waals surface area contributed by atoms with E-state index in [1.165, 1.54) is 12.6 Å². The summed E-state index contributed by atoms with van der Waals surface area (Å²) in [5.41, 5.74) is 0. The lowest BCUT2D eigenvalue weighted by Crippen LogP contribution is -2.60. The van der Waals surface area contributed by atoms with E-state index in [0.717, 1.165) is 25.7 Å². The number of carbonyl (C=O) groups excluding carboxylic acids is 2. The van der Waals surface area contributed by atoms with Crippen molar-refractivity contribution in [1.29, 1.82) is 0 Å². The van der Waals surface area contributed by atoms with Gasteiger partial charge in [-0.1, -0.05) is 12.8 Å². The van der Waals surface area contributed by atoms with Gasteiger partial charge in [0.2, 0.25) is 17.5 Å². The highest BCUT2D eigenvalue weighted by Gasteiger charge is 2.44. The van der Waals surface area contributed by atoms with Gasteiger partial charge in [0.25, 0.3) is 5.91 Å². The molecule has 1 unspecified atom stereocenters. The zero-order chi connectivity index (χ0) is 18.0. The van der Waals surface area contributed by atoms with E-state index >= 15 is 0 Å². The monoisotopic (exact) mass is 363 g/mol. The molecule has 3 heterocycles. The number of hydrogen-bond acceptors (Lipinski definition) is 6. The van der Waals surface area contributed by atoms with Crippen LogP contribution < -0.4 is 0 Å². The molecule has 0 bridgehead atoms. The lowest BCUT2D eigenvalue weighted by Gasteiger charge is -2.43. The quantitative estimate of drug-likeness (QED) is 0.787. The minimum absolute atomic E-state index is 0.128. The minimum atomic E-state index is -0.960. The standard InChI is InChI=1S/C18H25N3O5/c22-16(14-4-1-2-5-14)21-7-9-26-18(12-21)11-20(6-3-8-25-18)17(23)15-10-19-13-24-15/h10,13-14H,1-9,11-12H2. The zero-order valence-electron chi connectivity index (χ0n) is 14.9. The summed E-state index contributed by atoms with van der Waals surface area (Å²) in [5, 5.41) is 0. The maximum absolute atomic E-state index is 12.8. The fourth-order valence-corrected chi connectivity index (χ4v) is 4.14. The second-order valence-electron chi connectivity index (χ2n) is 7.29. The molecular formula is C18H25N3O5. The predicted octanol–water partition coefficient (Wildman–Crippen LogP) is 1.28. The number of ether oxygens (including phenoxy) is 2. The lowest BCUT2D eigenvalue weighted by molar-refractivity contribution is -0.263. The summed E-state index contributed by atoms with van der Waals surface area (Å²) >= 11 is 0. The molecule has 0 aromatic carbocycles. The Labute approximate surface area is 152 Å². The van der Waals surface area contributed by atoms with E-state index in [1.807, 2.05) is 4.90 Å². The number of carbonyl (C=O) groups is 2. The van der Waals surface area contributed by atoms with E-state index in [-0.39, 0.29) is 30.0 Å². The van der Waals surface area contributed by atoms with Crippen LogP contribution in [-0.4, -0.2) is 71.8 Å². The predicted molar refractivity (Wildman–Crippen MR) is 90.2 cm³/mol. The van der Waals surface area contributed by atoms with Crippen LogP contribution in [0.4, 0.5) is 0 Å². The van der Waals surface area contributed by atoms with Gasteiger partial charge in [0.1, 0.15) is 0 Å². The summed E-state index contributed by atoms with van der Waals surface area (Å²) in [6.07, 6.45) is 7.57. The van der Waals surface area contributed by atoms with Crippen molar-refractivity contribution < 1.29 is 23.5 Å². The number of aromatic nitrogens is 1. The van der Waals surface area contributed by atoms with Gasteiger partial charge >= 0.3 is 0 Å². The summed E-state index contributed by atoms with van der Waals surface area (Å²) in [6, 6.07) is 0. The molecule has 4 rings (SSSR count). The molecule has 8 heteroatoms. The Balaban J connectivity index is 1.48. The number of nitrogens with zero attached hydrogens (tertiary/aromatic N) is 3. The minimum Gasteiger partial charge on any atom is -0.438 e. The first-order valence-electron chi connectivity index (χ1n) is 9.41. The molecule has 1 saturated carbocycles. The van der Waals surface area contributed by atoms with Crippen LogP contribution in [0, 0.1) is 5.92 Å². The van der Waals surface area contributed by atoms with Crippen LogP contribution in [0.25, 0.3) is 0 Å². The van der Waals surface area contributed by atoms with Gasteiger partial charge in [-0.2, -0.15) is 0 Å². The molecule has 1 atom stereocenters. The van der Waals surface area contributed by atoms with Crippen molar-refractivity contribution in [3.63, 3.8) is 0 Å². The number of amides is 2. The molecule has 1 aromatic rings. The Morgan fingerprint density at radius 3 is 2.58 bits per heavy atom. The van der Waals surface area contributed by atoms with Gasteiger partial charge in [-0.25, -0.2) is 4.98 Å². The number of oxazole rings is 1. The fraction of sp³-hybridized carbons (Fsp3) is 0.722. The third-order valence-corrected chi connectivity index (χ3v) is 5.47. The Morgan fingerprint density at radius 2 is 1.81 bits per heavy atom. The van der Waals surface area contributed by atoms with E-state index in [9.17, 15) is 9.59 Å². The molecule has 3 fully saturated rings. The van der Waals surface area contributed by atoms with E-state index in [4.69, 9.17) is 13.9 Å². The third kappa shape index (κ3) is 3.48. The molecule has 0 N–H and O–H groups in total. The Bertz CT molecular complexity index is 643.